The molecule has 0 unspecified atom stereocenters. The van der Waals surface area contributed by atoms with Crippen molar-refractivity contribution >= 4 is 11.6 Å². The summed E-state index contributed by atoms with van der Waals surface area (Å²) in [7, 11) is 6.06. The topological polar surface area (TPSA) is 54.0 Å². The first-order valence-corrected chi connectivity index (χ1v) is 10.8. The lowest BCUT2D eigenvalue weighted by atomic mass is 9.95. The number of rotatable bonds is 7. The van der Waals surface area contributed by atoms with E-state index in [1.54, 1.807) is 6.33 Å². The highest BCUT2D eigenvalue weighted by atomic mass is 16.5. The molecule has 7 nitrogen and oxygen atoms in total. The number of piperidine rings is 1. The number of nitrogens with zero attached hydrogens (tertiary/aromatic N) is 5. The summed E-state index contributed by atoms with van der Waals surface area (Å²) in [5.41, 5.74) is 0. The van der Waals surface area contributed by atoms with Gasteiger partial charge in [-0.1, -0.05) is 0 Å². The third kappa shape index (κ3) is 4.58. The standard InChI is InChI=1S/C21H35N5O2/c1-24(2)13-16-11-19(27-3)14-26(16)21-12-20(22-15-23-21)25-9-7-18(8-10-25)28-17-5-4-6-17/h12,15-19H,4-11,13-14H2,1-3H3/t16-,19-/m0/s1. The molecular formula is C21H35N5O2. The fraction of sp³-hybridized carbons (Fsp3) is 0.810. The predicted molar refractivity (Wildman–Crippen MR) is 111 cm³/mol. The summed E-state index contributed by atoms with van der Waals surface area (Å²) in [6.07, 6.45) is 10.00. The third-order valence-corrected chi connectivity index (χ3v) is 6.42. The van der Waals surface area contributed by atoms with Crippen LogP contribution in [0, 0.1) is 0 Å². The van der Waals surface area contributed by atoms with E-state index in [9.17, 15) is 0 Å². The molecule has 3 heterocycles. The minimum Gasteiger partial charge on any atom is -0.380 e. The summed E-state index contributed by atoms with van der Waals surface area (Å²) in [6.45, 7) is 3.91. The van der Waals surface area contributed by atoms with Gasteiger partial charge in [0.05, 0.1) is 18.3 Å². The number of anilines is 2. The lowest BCUT2D eigenvalue weighted by molar-refractivity contribution is -0.0596. The lowest BCUT2D eigenvalue weighted by Gasteiger charge is -2.37. The molecule has 1 saturated carbocycles. The normalized spacial score (nSPS) is 26.9. The van der Waals surface area contributed by atoms with Crippen molar-refractivity contribution in [3.05, 3.63) is 12.4 Å². The van der Waals surface area contributed by atoms with Crippen molar-refractivity contribution in [1.29, 1.82) is 0 Å². The van der Waals surface area contributed by atoms with Crippen LogP contribution < -0.4 is 9.80 Å². The van der Waals surface area contributed by atoms with Crippen molar-refractivity contribution in [3.63, 3.8) is 0 Å². The number of hydrogen-bond donors (Lipinski definition) is 0. The molecule has 1 aromatic rings. The highest BCUT2D eigenvalue weighted by molar-refractivity contribution is 5.52. The average molecular weight is 390 g/mol. The summed E-state index contributed by atoms with van der Waals surface area (Å²) in [5.74, 6) is 2.06. The van der Waals surface area contributed by atoms with Crippen LogP contribution in [-0.4, -0.2) is 86.6 Å². The van der Waals surface area contributed by atoms with Gasteiger partial charge in [-0.25, -0.2) is 9.97 Å². The Morgan fingerprint density at radius 3 is 2.39 bits per heavy atom. The SMILES string of the molecule is CO[C@H]1C[C@@H](CN(C)C)N(c2cc(N3CCC(OC4CCC4)CC3)ncn2)C1. The van der Waals surface area contributed by atoms with E-state index in [4.69, 9.17) is 9.47 Å². The van der Waals surface area contributed by atoms with Gasteiger partial charge >= 0.3 is 0 Å². The van der Waals surface area contributed by atoms with Gasteiger partial charge in [0, 0.05) is 45.4 Å². The molecule has 156 valence electrons. The van der Waals surface area contributed by atoms with Crippen LogP contribution in [0.15, 0.2) is 12.4 Å². The van der Waals surface area contributed by atoms with Crippen molar-refractivity contribution in [2.45, 2.75) is 62.9 Å². The van der Waals surface area contributed by atoms with Gasteiger partial charge in [-0.2, -0.15) is 0 Å². The van der Waals surface area contributed by atoms with Gasteiger partial charge in [0.2, 0.25) is 0 Å². The van der Waals surface area contributed by atoms with Crippen LogP contribution in [0.5, 0.6) is 0 Å². The summed E-state index contributed by atoms with van der Waals surface area (Å²) < 4.78 is 11.9. The second kappa shape index (κ2) is 8.93. The van der Waals surface area contributed by atoms with E-state index < -0.39 is 0 Å². The molecule has 2 saturated heterocycles. The molecule has 0 N–H and O–H groups in total. The molecule has 4 rings (SSSR count). The number of methoxy groups -OCH3 is 1. The van der Waals surface area contributed by atoms with Gasteiger partial charge < -0.3 is 24.2 Å². The number of ether oxygens (including phenoxy) is 2. The first-order valence-electron chi connectivity index (χ1n) is 10.8. The molecule has 28 heavy (non-hydrogen) atoms. The second-order valence-corrected chi connectivity index (χ2v) is 8.77. The van der Waals surface area contributed by atoms with Gasteiger partial charge in [0.1, 0.15) is 18.0 Å². The van der Waals surface area contributed by atoms with E-state index in [-0.39, 0.29) is 6.10 Å². The molecule has 3 fully saturated rings. The Kier molecular flexibility index (Phi) is 6.33. The van der Waals surface area contributed by atoms with Gasteiger partial charge in [0.15, 0.2) is 0 Å². The van der Waals surface area contributed by atoms with E-state index in [1.807, 2.05) is 7.11 Å². The molecule has 3 aliphatic rings. The number of likely N-dealkylation sites (N-methyl/N-ethyl adjacent to an activating group) is 1. The van der Waals surface area contributed by atoms with Crippen LogP contribution in [0.2, 0.25) is 0 Å². The molecule has 0 bridgehead atoms. The highest BCUT2D eigenvalue weighted by Gasteiger charge is 2.34. The molecule has 1 aromatic heterocycles. The quantitative estimate of drug-likeness (QED) is 0.708. The van der Waals surface area contributed by atoms with Crippen LogP contribution >= 0.6 is 0 Å². The zero-order valence-corrected chi connectivity index (χ0v) is 17.6. The first kappa shape index (κ1) is 19.9. The maximum atomic E-state index is 6.21. The van der Waals surface area contributed by atoms with Gasteiger partial charge in [0.25, 0.3) is 0 Å². The lowest BCUT2D eigenvalue weighted by Crippen LogP contribution is -2.40. The van der Waals surface area contributed by atoms with Crippen LogP contribution in [0.1, 0.15) is 38.5 Å². The van der Waals surface area contributed by atoms with E-state index in [0.717, 1.165) is 57.1 Å². The van der Waals surface area contributed by atoms with Crippen LogP contribution in [-0.2, 0) is 9.47 Å². The molecule has 1 aliphatic carbocycles. The highest BCUT2D eigenvalue weighted by Crippen LogP contribution is 2.30. The Balaban J connectivity index is 1.39. The Morgan fingerprint density at radius 1 is 1.04 bits per heavy atom. The molecule has 7 heteroatoms. The second-order valence-electron chi connectivity index (χ2n) is 8.77. The molecular weight excluding hydrogens is 354 g/mol. The summed E-state index contributed by atoms with van der Waals surface area (Å²) >= 11 is 0. The van der Waals surface area contributed by atoms with Gasteiger partial charge in [-0.3, -0.25) is 0 Å². The van der Waals surface area contributed by atoms with Crippen molar-refractivity contribution < 1.29 is 9.47 Å². The minimum absolute atomic E-state index is 0.266. The maximum Gasteiger partial charge on any atom is 0.134 e. The fourth-order valence-electron chi connectivity index (χ4n) is 4.59. The Labute approximate surface area is 169 Å². The number of aromatic nitrogens is 2. The van der Waals surface area contributed by atoms with Crippen LogP contribution in [0.3, 0.4) is 0 Å². The van der Waals surface area contributed by atoms with Crippen LogP contribution in [0.4, 0.5) is 11.6 Å². The zero-order chi connectivity index (χ0) is 19.5. The molecule has 2 atom stereocenters. The van der Waals surface area contributed by atoms with E-state index >= 15 is 0 Å². The monoisotopic (exact) mass is 389 g/mol. The molecule has 2 aliphatic heterocycles. The molecule has 0 aromatic carbocycles. The summed E-state index contributed by atoms with van der Waals surface area (Å²) in [6, 6.07) is 2.58. The van der Waals surface area contributed by atoms with Crippen molar-refractivity contribution in [1.82, 2.24) is 14.9 Å². The first-order chi connectivity index (χ1) is 13.6. The van der Waals surface area contributed by atoms with Crippen molar-refractivity contribution in [2.75, 3.05) is 57.2 Å². The number of hydrogen-bond acceptors (Lipinski definition) is 7. The van der Waals surface area contributed by atoms with E-state index in [0.29, 0.717) is 18.2 Å². The van der Waals surface area contributed by atoms with E-state index in [2.05, 4.69) is 44.8 Å². The predicted octanol–water partition coefficient (Wildman–Crippen LogP) is 2.17. The maximum absolute atomic E-state index is 6.21. The summed E-state index contributed by atoms with van der Waals surface area (Å²) in [5, 5.41) is 0. The smallest absolute Gasteiger partial charge is 0.134 e. The Bertz CT molecular complexity index is 631. The van der Waals surface area contributed by atoms with Gasteiger partial charge in [-0.15, -0.1) is 0 Å². The molecule has 0 amide bonds. The largest absolute Gasteiger partial charge is 0.380 e. The van der Waals surface area contributed by atoms with Crippen molar-refractivity contribution in [3.8, 4) is 0 Å². The van der Waals surface area contributed by atoms with E-state index in [1.165, 1.54) is 19.3 Å². The van der Waals surface area contributed by atoms with Crippen molar-refractivity contribution in [2.24, 2.45) is 0 Å². The van der Waals surface area contributed by atoms with Crippen LogP contribution in [0.25, 0.3) is 0 Å². The van der Waals surface area contributed by atoms with Gasteiger partial charge in [-0.05, 0) is 52.6 Å². The minimum atomic E-state index is 0.266. The Morgan fingerprint density at radius 2 is 1.75 bits per heavy atom. The molecule has 0 spiro atoms. The Hall–Kier alpha value is -1.44. The third-order valence-electron chi connectivity index (χ3n) is 6.42. The zero-order valence-electron chi connectivity index (χ0n) is 17.6. The fourth-order valence-corrected chi connectivity index (χ4v) is 4.59. The summed E-state index contributed by atoms with van der Waals surface area (Å²) in [4.78, 5) is 16.2. The molecule has 0 radical (unpaired) electrons. The average Bonchev–Trinajstić information content (AvgIpc) is 3.07.